The summed E-state index contributed by atoms with van der Waals surface area (Å²) in [4.78, 5) is 14.5. The van der Waals surface area contributed by atoms with Gasteiger partial charge < -0.3 is 15.5 Å². The Morgan fingerprint density at radius 1 is 1.10 bits per heavy atom. The van der Waals surface area contributed by atoms with Crippen molar-refractivity contribution in [2.24, 2.45) is 5.92 Å². The fourth-order valence-corrected chi connectivity index (χ4v) is 6.72. The number of alkyl halides is 3. The number of hydrogen-bond acceptors (Lipinski definition) is 6. The van der Waals surface area contributed by atoms with E-state index in [9.17, 15) is 36.6 Å². The molecule has 1 saturated heterocycles. The van der Waals surface area contributed by atoms with Crippen molar-refractivity contribution in [3.05, 3.63) is 64.7 Å². The van der Waals surface area contributed by atoms with E-state index in [0.29, 0.717) is 12.5 Å². The highest BCUT2D eigenvalue weighted by Gasteiger charge is 2.35. The number of aliphatic hydroxyl groups excluding tert-OH is 2. The molecule has 39 heavy (non-hydrogen) atoms. The van der Waals surface area contributed by atoms with Crippen LogP contribution in [0.3, 0.4) is 0 Å². The van der Waals surface area contributed by atoms with E-state index in [2.05, 4.69) is 23.2 Å². The number of carbonyl (C=O) groups excluding carboxylic acids is 1. The van der Waals surface area contributed by atoms with E-state index >= 15 is 0 Å². The molecule has 0 spiro atoms. The summed E-state index contributed by atoms with van der Waals surface area (Å²) in [5.41, 5.74) is 2.08. The first kappa shape index (κ1) is 29.5. The summed E-state index contributed by atoms with van der Waals surface area (Å²) >= 11 is 0. The highest BCUT2D eigenvalue weighted by molar-refractivity contribution is 7.91. The zero-order valence-electron chi connectivity index (χ0n) is 21.8. The fourth-order valence-electron chi connectivity index (χ4n) is 5.30. The molecule has 0 unspecified atom stereocenters. The van der Waals surface area contributed by atoms with Gasteiger partial charge in [0, 0.05) is 6.54 Å². The van der Waals surface area contributed by atoms with Crippen LogP contribution in [0.15, 0.2) is 47.4 Å². The molecule has 2 aromatic rings. The van der Waals surface area contributed by atoms with Crippen LogP contribution in [-0.4, -0.2) is 60.5 Å². The van der Waals surface area contributed by atoms with Gasteiger partial charge in [0.05, 0.1) is 22.3 Å². The molecular formula is C28H35F3N2O5S. The molecule has 4 rings (SSSR count). The van der Waals surface area contributed by atoms with Gasteiger partial charge in [0.1, 0.15) is 6.10 Å². The molecule has 0 bridgehead atoms. The number of rotatable bonds is 8. The van der Waals surface area contributed by atoms with Crippen molar-refractivity contribution in [1.29, 1.82) is 0 Å². The molecule has 2 aromatic carbocycles. The first-order valence-corrected chi connectivity index (χ1v) is 14.9. The maximum absolute atomic E-state index is 13.0. The average molecular weight is 569 g/mol. The number of aliphatic hydroxyl groups is 2. The summed E-state index contributed by atoms with van der Waals surface area (Å²) in [6, 6.07) is 8.87. The lowest BCUT2D eigenvalue weighted by Gasteiger charge is -2.31. The SMILES string of the molecule is CC1CCN(Cc2ccc3c(c2)CCC[C@H]3NC(=O)[C@H](O)[C@H](O)CS(=O)(=O)c2cccc(C(F)(F)F)c2)CC1. The molecule has 1 amide bonds. The maximum atomic E-state index is 13.0. The van der Waals surface area contributed by atoms with Gasteiger partial charge in [-0.2, -0.15) is 13.2 Å². The number of amides is 1. The molecule has 7 nitrogen and oxygen atoms in total. The second-order valence-electron chi connectivity index (χ2n) is 10.8. The summed E-state index contributed by atoms with van der Waals surface area (Å²) in [7, 11) is -4.42. The smallest absolute Gasteiger partial charge is 0.389 e. The average Bonchev–Trinajstić information content (AvgIpc) is 2.89. The minimum Gasteiger partial charge on any atom is -0.389 e. The lowest BCUT2D eigenvalue weighted by Crippen LogP contribution is -2.46. The molecule has 214 valence electrons. The third-order valence-electron chi connectivity index (χ3n) is 7.66. The monoisotopic (exact) mass is 568 g/mol. The lowest BCUT2D eigenvalue weighted by molar-refractivity contribution is -0.137. The Labute approximate surface area is 226 Å². The number of nitrogens with zero attached hydrogens (tertiary/aromatic N) is 1. The van der Waals surface area contributed by atoms with Gasteiger partial charge in [-0.15, -0.1) is 0 Å². The van der Waals surface area contributed by atoms with Gasteiger partial charge in [-0.3, -0.25) is 9.69 Å². The van der Waals surface area contributed by atoms with Gasteiger partial charge >= 0.3 is 6.18 Å². The third-order valence-corrected chi connectivity index (χ3v) is 9.42. The third kappa shape index (κ3) is 7.39. The van der Waals surface area contributed by atoms with Crippen LogP contribution < -0.4 is 5.32 Å². The highest BCUT2D eigenvalue weighted by atomic mass is 32.2. The molecule has 0 saturated carbocycles. The topological polar surface area (TPSA) is 107 Å². The van der Waals surface area contributed by atoms with E-state index in [1.165, 1.54) is 18.4 Å². The largest absolute Gasteiger partial charge is 0.416 e. The summed E-state index contributed by atoms with van der Waals surface area (Å²) < 4.78 is 64.2. The zero-order chi connectivity index (χ0) is 28.4. The number of likely N-dealkylation sites (tertiary alicyclic amines) is 1. The number of sulfone groups is 1. The van der Waals surface area contributed by atoms with Gasteiger partial charge in [0.25, 0.3) is 5.91 Å². The Kier molecular flexibility index (Phi) is 9.05. The summed E-state index contributed by atoms with van der Waals surface area (Å²) in [6.07, 6.45) is -4.18. The number of nitrogens with one attached hydrogen (secondary N) is 1. The predicted octanol–water partition coefficient (Wildman–Crippen LogP) is 3.63. The van der Waals surface area contributed by atoms with Crippen LogP contribution in [0, 0.1) is 5.92 Å². The van der Waals surface area contributed by atoms with Crippen LogP contribution in [0.5, 0.6) is 0 Å². The van der Waals surface area contributed by atoms with Crippen molar-refractivity contribution in [3.8, 4) is 0 Å². The number of halogens is 3. The van der Waals surface area contributed by atoms with E-state index < -0.39 is 56.4 Å². The van der Waals surface area contributed by atoms with Gasteiger partial charge in [0.2, 0.25) is 0 Å². The number of piperidine rings is 1. The second-order valence-corrected chi connectivity index (χ2v) is 12.8. The second kappa shape index (κ2) is 12.0. The van der Waals surface area contributed by atoms with Crippen LogP contribution in [-0.2, 0) is 33.8 Å². The summed E-state index contributed by atoms with van der Waals surface area (Å²) in [6.45, 7) is 5.28. The van der Waals surface area contributed by atoms with Gasteiger partial charge in [-0.1, -0.05) is 31.2 Å². The van der Waals surface area contributed by atoms with Crippen molar-refractivity contribution in [2.45, 2.75) is 74.9 Å². The van der Waals surface area contributed by atoms with Crippen LogP contribution in [0.25, 0.3) is 0 Å². The number of hydrogen-bond donors (Lipinski definition) is 3. The predicted molar refractivity (Wildman–Crippen MR) is 139 cm³/mol. The molecule has 11 heteroatoms. The Morgan fingerprint density at radius 3 is 2.51 bits per heavy atom. The van der Waals surface area contributed by atoms with Crippen molar-refractivity contribution in [3.63, 3.8) is 0 Å². The van der Waals surface area contributed by atoms with Crippen molar-refractivity contribution in [1.82, 2.24) is 10.2 Å². The van der Waals surface area contributed by atoms with Crippen molar-refractivity contribution in [2.75, 3.05) is 18.8 Å². The Bertz CT molecular complexity index is 1280. The first-order chi connectivity index (χ1) is 18.3. The molecule has 0 radical (unpaired) electrons. The highest BCUT2D eigenvalue weighted by Crippen LogP contribution is 2.32. The Balaban J connectivity index is 1.38. The Morgan fingerprint density at radius 2 is 1.82 bits per heavy atom. The minimum atomic E-state index is -4.74. The Hall–Kier alpha value is -2.47. The quantitative estimate of drug-likeness (QED) is 0.449. The molecule has 1 heterocycles. The van der Waals surface area contributed by atoms with Gasteiger partial charge in [0.15, 0.2) is 15.9 Å². The molecule has 1 aliphatic heterocycles. The lowest BCUT2D eigenvalue weighted by atomic mass is 9.86. The maximum Gasteiger partial charge on any atom is 0.416 e. The zero-order valence-corrected chi connectivity index (χ0v) is 22.6. The first-order valence-electron chi connectivity index (χ1n) is 13.2. The number of fused-ring (bicyclic) bond motifs is 1. The molecule has 3 atom stereocenters. The molecule has 2 aliphatic rings. The van der Waals surface area contributed by atoms with Crippen LogP contribution in [0.4, 0.5) is 13.2 Å². The number of carbonyl (C=O) groups is 1. The molecule has 0 aromatic heterocycles. The van der Waals surface area contributed by atoms with Gasteiger partial charge in [-0.05, 0) is 86.0 Å². The van der Waals surface area contributed by atoms with E-state index in [-0.39, 0.29) is 0 Å². The van der Waals surface area contributed by atoms with Crippen LogP contribution >= 0.6 is 0 Å². The van der Waals surface area contributed by atoms with E-state index in [0.717, 1.165) is 67.7 Å². The fraction of sp³-hybridized carbons (Fsp3) is 0.536. The molecular weight excluding hydrogens is 533 g/mol. The number of benzene rings is 2. The van der Waals surface area contributed by atoms with Crippen LogP contribution in [0.1, 0.15) is 60.9 Å². The molecule has 1 aliphatic carbocycles. The minimum absolute atomic E-state index is 0.409. The van der Waals surface area contributed by atoms with E-state index in [1.54, 1.807) is 0 Å². The van der Waals surface area contributed by atoms with Crippen molar-refractivity contribution >= 4 is 15.7 Å². The molecule has 3 N–H and O–H groups in total. The summed E-state index contributed by atoms with van der Waals surface area (Å²) in [5, 5.41) is 23.4. The van der Waals surface area contributed by atoms with E-state index in [4.69, 9.17) is 0 Å². The van der Waals surface area contributed by atoms with Gasteiger partial charge in [-0.25, -0.2) is 8.42 Å². The van der Waals surface area contributed by atoms with Crippen LogP contribution in [0.2, 0.25) is 0 Å². The van der Waals surface area contributed by atoms with Crippen molar-refractivity contribution < 1.29 is 36.6 Å². The molecule has 1 fully saturated rings. The normalized spacial score (nSPS) is 20.7. The standard InChI is InChI=1S/C28H35F3N2O5S/c1-18-10-12-33(13-11-18)16-19-8-9-23-20(14-19)4-2-7-24(23)32-27(36)26(35)25(34)17-39(37,38)22-6-3-5-21(15-22)28(29,30)31/h3,5-6,8-9,14-15,18,24-26,34-35H,2,4,7,10-13,16-17H2,1H3,(H,32,36)/t24-,25-,26-/m1/s1. The number of aryl methyl sites for hydroxylation is 1. The van der Waals surface area contributed by atoms with E-state index in [1.807, 2.05) is 12.1 Å². The summed E-state index contributed by atoms with van der Waals surface area (Å²) in [5.74, 6) is -1.29.